The molecule has 1 amide bonds. The zero-order valence-electron chi connectivity index (χ0n) is 22.7. The van der Waals surface area contributed by atoms with Crippen LogP contribution in [-0.2, 0) is 6.42 Å². The lowest BCUT2D eigenvalue weighted by atomic mass is 9.96. The van der Waals surface area contributed by atoms with Crippen LogP contribution in [0.4, 0.5) is 14.6 Å². The second kappa shape index (κ2) is 11.2. The molecule has 12 heteroatoms. The highest BCUT2D eigenvalue weighted by molar-refractivity contribution is 7.13. The number of amides is 1. The van der Waals surface area contributed by atoms with Gasteiger partial charge in [0, 0.05) is 29.9 Å². The molecule has 5 rings (SSSR count). The zero-order valence-corrected chi connectivity index (χ0v) is 23.5. The van der Waals surface area contributed by atoms with Gasteiger partial charge in [-0.2, -0.15) is 5.10 Å². The van der Waals surface area contributed by atoms with Gasteiger partial charge in [-0.3, -0.25) is 4.79 Å². The summed E-state index contributed by atoms with van der Waals surface area (Å²) in [6, 6.07) is 7.39. The molecule has 9 nitrogen and oxygen atoms in total. The van der Waals surface area contributed by atoms with Gasteiger partial charge in [0.1, 0.15) is 11.9 Å². The van der Waals surface area contributed by atoms with Crippen molar-refractivity contribution in [3.63, 3.8) is 0 Å². The van der Waals surface area contributed by atoms with E-state index in [2.05, 4.69) is 10.00 Å². The number of hydrogen-bond donors (Lipinski definition) is 2. The number of aromatic nitrogens is 4. The van der Waals surface area contributed by atoms with Gasteiger partial charge in [-0.05, 0) is 56.4 Å². The Morgan fingerprint density at radius 1 is 1.27 bits per heavy atom. The van der Waals surface area contributed by atoms with Gasteiger partial charge in [0.2, 0.25) is 5.91 Å². The summed E-state index contributed by atoms with van der Waals surface area (Å²) in [5.74, 6) is -3.73. The maximum absolute atomic E-state index is 14.7. The number of aliphatic hydroxyl groups excluding tert-OH is 1. The maximum Gasteiger partial charge on any atom is 0.290 e. The lowest BCUT2D eigenvalue weighted by Crippen LogP contribution is -2.52. The van der Waals surface area contributed by atoms with E-state index >= 15 is 0 Å². The Bertz CT molecular complexity index is 1500. The van der Waals surface area contributed by atoms with Crippen molar-refractivity contribution in [1.82, 2.24) is 24.5 Å². The highest BCUT2D eigenvalue weighted by Gasteiger charge is 2.44. The number of pyridine rings is 1. The monoisotopic (exact) mass is 569 g/mol. The third kappa shape index (κ3) is 5.30. The van der Waals surface area contributed by atoms with Crippen LogP contribution in [-0.4, -0.2) is 79.7 Å². The van der Waals surface area contributed by atoms with Crippen molar-refractivity contribution in [2.24, 2.45) is 5.73 Å². The molecule has 1 aliphatic heterocycles. The lowest BCUT2D eigenvalue weighted by molar-refractivity contribution is -0.113. The Morgan fingerprint density at radius 3 is 2.70 bits per heavy atom. The molecule has 0 radical (unpaired) electrons. The molecule has 4 aromatic rings. The van der Waals surface area contributed by atoms with E-state index in [9.17, 15) is 18.7 Å². The lowest BCUT2D eigenvalue weighted by Gasteiger charge is -2.38. The molecule has 40 heavy (non-hydrogen) atoms. The topological polar surface area (TPSA) is 113 Å². The van der Waals surface area contributed by atoms with Crippen LogP contribution in [0, 0.1) is 0 Å². The van der Waals surface area contributed by atoms with Crippen LogP contribution in [0.25, 0.3) is 27.5 Å². The van der Waals surface area contributed by atoms with E-state index in [-0.39, 0.29) is 30.4 Å². The van der Waals surface area contributed by atoms with E-state index in [1.54, 1.807) is 34.3 Å². The minimum absolute atomic E-state index is 0.00221. The van der Waals surface area contributed by atoms with E-state index in [4.69, 9.17) is 15.7 Å². The second-order valence-corrected chi connectivity index (χ2v) is 11.0. The predicted octanol–water partition coefficient (Wildman–Crippen LogP) is 4.10. The molecule has 0 spiro atoms. The van der Waals surface area contributed by atoms with E-state index in [1.807, 2.05) is 44.4 Å². The van der Waals surface area contributed by atoms with Gasteiger partial charge in [0.25, 0.3) is 5.92 Å². The molecule has 1 unspecified atom stereocenters. The number of anilines is 1. The summed E-state index contributed by atoms with van der Waals surface area (Å²) in [5, 5.41) is 16.3. The summed E-state index contributed by atoms with van der Waals surface area (Å²) < 4.78 is 31.1. The number of halogens is 2. The molecule has 0 bridgehead atoms. The number of nitrogens with zero attached hydrogens (tertiary/aromatic N) is 6. The normalized spacial score (nSPS) is 18.0. The summed E-state index contributed by atoms with van der Waals surface area (Å²) in [5.41, 5.74) is 8.84. The van der Waals surface area contributed by atoms with Crippen LogP contribution >= 0.6 is 11.3 Å². The van der Waals surface area contributed by atoms with Gasteiger partial charge in [0.15, 0.2) is 5.65 Å². The second-order valence-electron chi connectivity index (χ2n) is 10.1. The fourth-order valence-corrected chi connectivity index (χ4v) is 6.07. The highest BCUT2D eigenvalue weighted by Crippen LogP contribution is 2.36. The number of carbonyl (C=O) groups excluding carboxylic acids is 1. The van der Waals surface area contributed by atoms with Crippen molar-refractivity contribution in [1.29, 1.82) is 0 Å². The molecule has 212 valence electrons. The molecule has 4 aromatic heterocycles. The summed E-state index contributed by atoms with van der Waals surface area (Å²) in [7, 11) is 0. The van der Waals surface area contributed by atoms with Crippen LogP contribution in [0.1, 0.15) is 43.1 Å². The van der Waals surface area contributed by atoms with Gasteiger partial charge in [-0.15, -0.1) is 11.3 Å². The Balaban J connectivity index is 1.68. The number of alkyl halides is 2. The molecule has 1 aliphatic rings. The molecule has 1 saturated heterocycles. The molecule has 2 atom stereocenters. The smallest absolute Gasteiger partial charge is 0.290 e. The first-order chi connectivity index (χ1) is 19.1. The minimum Gasteiger partial charge on any atom is -0.387 e. The molecule has 1 fully saturated rings. The Morgan fingerprint density at radius 2 is 2.05 bits per heavy atom. The van der Waals surface area contributed by atoms with Crippen molar-refractivity contribution >= 4 is 28.7 Å². The number of rotatable bonds is 9. The van der Waals surface area contributed by atoms with Crippen LogP contribution < -0.4 is 10.6 Å². The fraction of sp³-hybridized carbons (Fsp3) is 0.429. The molecule has 0 aliphatic carbocycles. The quantitative estimate of drug-likeness (QED) is 0.312. The van der Waals surface area contributed by atoms with E-state index in [0.29, 0.717) is 28.9 Å². The number of thiophene rings is 1. The average Bonchev–Trinajstić information content (AvgIpc) is 3.61. The number of primary amides is 1. The van der Waals surface area contributed by atoms with Crippen LogP contribution in [0.2, 0.25) is 0 Å². The molecule has 0 aromatic carbocycles. The first-order valence-electron chi connectivity index (χ1n) is 13.4. The number of aliphatic hydroxyl groups is 1. The van der Waals surface area contributed by atoms with Gasteiger partial charge in [0.05, 0.1) is 34.6 Å². The summed E-state index contributed by atoms with van der Waals surface area (Å²) in [6.45, 7) is 7.15. The molecular weight excluding hydrogens is 536 g/mol. The first kappa shape index (κ1) is 28.1. The van der Waals surface area contributed by atoms with Crippen molar-refractivity contribution < 1.29 is 18.7 Å². The average molecular weight is 570 g/mol. The van der Waals surface area contributed by atoms with Gasteiger partial charge < -0.3 is 20.6 Å². The van der Waals surface area contributed by atoms with Crippen LogP contribution in [0.15, 0.2) is 42.0 Å². The van der Waals surface area contributed by atoms with Gasteiger partial charge in [-0.25, -0.2) is 23.3 Å². The fourth-order valence-electron chi connectivity index (χ4n) is 5.37. The first-order valence-corrected chi connectivity index (χ1v) is 14.3. The van der Waals surface area contributed by atoms with E-state index < -0.39 is 24.5 Å². The van der Waals surface area contributed by atoms with E-state index in [0.717, 1.165) is 23.7 Å². The SMILES string of the molecule is CCN(CC)[C@@H](C)Cc1c(C(N)=O)cc(-c2cnn3ccc(-c4cccs4)nc23)nc1N1CCC(O)C(F)(F)C1. The van der Waals surface area contributed by atoms with Crippen LogP contribution in [0.5, 0.6) is 0 Å². The third-order valence-corrected chi connectivity index (χ3v) is 8.48. The standard InChI is InChI=1S/C28H33F2N7O2S/c1-4-35(5-2)17(3)13-19-18(25(31)39)14-22(34-26(19)36-10-9-24(38)28(29,30)16-36)20-15-32-37-11-8-21(33-27(20)37)23-7-6-12-40-23/h6-8,11-12,14-15,17,24,38H,4-5,9-10,13,16H2,1-3H3,(H2,31,39)/t17-,24?/m0/s1. The van der Waals surface area contributed by atoms with Crippen molar-refractivity contribution in [2.45, 2.75) is 51.7 Å². The molecule has 0 saturated carbocycles. The molecule has 3 N–H and O–H groups in total. The number of carbonyl (C=O) groups is 1. The number of likely N-dealkylation sites (N-methyl/N-ethyl adjacent to an activating group) is 1. The Labute approximate surface area is 235 Å². The largest absolute Gasteiger partial charge is 0.387 e. The van der Waals surface area contributed by atoms with Crippen molar-refractivity contribution in [2.75, 3.05) is 31.1 Å². The van der Waals surface area contributed by atoms with Gasteiger partial charge >= 0.3 is 0 Å². The van der Waals surface area contributed by atoms with Crippen molar-refractivity contribution in [3.8, 4) is 21.8 Å². The maximum atomic E-state index is 14.7. The number of piperidine rings is 1. The van der Waals surface area contributed by atoms with Gasteiger partial charge in [-0.1, -0.05) is 19.9 Å². The summed E-state index contributed by atoms with van der Waals surface area (Å²) in [6.07, 6.45) is 1.93. The third-order valence-electron chi connectivity index (χ3n) is 7.58. The predicted molar refractivity (Wildman–Crippen MR) is 152 cm³/mol. The minimum atomic E-state index is -3.33. The molecular formula is C28H33F2N7O2S. The van der Waals surface area contributed by atoms with Crippen LogP contribution in [0.3, 0.4) is 0 Å². The number of hydrogen-bond acceptors (Lipinski definition) is 8. The van der Waals surface area contributed by atoms with E-state index in [1.165, 1.54) is 4.90 Å². The number of nitrogens with two attached hydrogens (primary N) is 1. The highest BCUT2D eigenvalue weighted by atomic mass is 32.1. The summed E-state index contributed by atoms with van der Waals surface area (Å²) in [4.78, 5) is 27.2. The zero-order chi connectivity index (χ0) is 28.6. The Hall–Kier alpha value is -3.48. The number of fused-ring (bicyclic) bond motifs is 1. The summed E-state index contributed by atoms with van der Waals surface area (Å²) >= 11 is 1.56. The Kier molecular flexibility index (Phi) is 7.85. The van der Waals surface area contributed by atoms with Crippen molar-refractivity contribution in [3.05, 3.63) is 53.2 Å². The molecule has 5 heterocycles.